The summed E-state index contributed by atoms with van der Waals surface area (Å²) in [4.78, 5) is 0. The Hall–Kier alpha value is -1.00. The SMILES string of the molecule is CC(C)(C)C(CCC(F)(F)F)c1ccon1. The van der Waals surface area contributed by atoms with Crippen LogP contribution in [-0.2, 0) is 0 Å². The van der Waals surface area contributed by atoms with E-state index in [9.17, 15) is 13.2 Å². The fourth-order valence-electron chi connectivity index (χ4n) is 1.73. The lowest BCUT2D eigenvalue weighted by Gasteiger charge is -2.29. The summed E-state index contributed by atoms with van der Waals surface area (Å²) in [7, 11) is 0. The molecule has 1 aromatic rings. The van der Waals surface area contributed by atoms with Crippen LogP contribution in [0.4, 0.5) is 13.2 Å². The number of nitrogens with zero attached hydrogens (tertiary/aromatic N) is 1. The van der Waals surface area contributed by atoms with Crippen LogP contribution in [0.3, 0.4) is 0 Å². The van der Waals surface area contributed by atoms with Gasteiger partial charge in [0, 0.05) is 18.4 Å². The van der Waals surface area contributed by atoms with Crippen LogP contribution in [0.1, 0.15) is 45.2 Å². The highest BCUT2D eigenvalue weighted by Crippen LogP contribution is 2.40. The van der Waals surface area contributed by atoms with Gasteiger partial charge >= 0.3 is 6.18 Å². The highest BCUT2D eigenvalue weighted by Gasteiger charge is 2.34. The molecule has 0 spiro atoms. The van der Waals surface area contributed by atoms with E-state index in [-0.39, 0.29) is 17.8 Å². The maximum absolute atomic E-state index is 12.2. The van der Waals surface area contributed by atoms with Gasteiger partial charge in [-0.1, -0.05) is 25.9 Å². The van der Waals surface area contributed by atoms with Crippen molar-refractivity contribution in [2.75, 3.05) is 0 Å². The zero-order valence-electron chi connectivity index (χ0n) is 9.64. The second-order valence-corrected chi connectivity index (χ2v) is 5.00. The van der Waals surface area contributed by atoms with Crippen LogP contribution in [-0.4, -0.2) is 11.3 Å². The van der Waals surface area contributed by atoms with Crippen molar-refractivity contribution in [3.8, 4) is 0 Å². The number of halogens is 3. The zero-order chi connectivity index (χ0) is 12.4. The summed E-state index contributed by atoms with van der Waals surface area (Å²) < 4.78 is 41.3. The minimum atomic E-state index is -4.12. The average molecular weight is 235 g/mol. The Bertz CT molecular complexity index is 311. The fraction of sp³-hybridized carbons (Fsp3) is 0.727. The number of alkyl halides is 3. The molecule has 1 heterocycles. The maximum atomic E-state index is 12.2. The quantitative estimate of drug-likeness (QED) is 0.786. The van der Waals surface area contributed by atoms with Crippen molar-refractivity contribution in [1.82, 2.24) is 5.16 Å². The summed E-state index contributed by atoms with van der Waals surface area (Å²) in [5.74, 6) is -0.243. The monoisotopic (exact) mass is 235 g/mol. The van der Waals surface area contributed by atoms with Crippen molar-refractivity contribution in [1.29, 1.82) is 0 Å². The molecule has 0 bridgehead atoms. The number of hydrogen-bond donors (Lipinski definition) is 0. The topological polar surface area (TPSA) is 26.0 Å². The Morgan fingerprint density at radius 2 is 1.94 bits per heavy atom. The number of hydrogen-bond acceptors (Lipinski definition) is 2. The van der Waals surface area contributed by atoms with Gasteiger partial charge in [0.25, 0.3) is 0 Å². The third-order valence-electron chi connectivity index (χ3n) is 2.58. The molecule has 0 amide bonds. The number of aromatic nitrogens is 1. The fourth-order valence-corrected chi connectivity index (χ4v) is 1.73. The van der Waals surface area contributed by atoms with Crippen LogP contribution >= 0.6 is 0 Å². The molecule has 0 fully saturated rings. The second-order valence-electron chi connectivity index (χ2n) is 5.00. The molecule has 1 unspecified atom stereocenters. The normalized spacial score (nSPS) is 15.1. The lowest BCUT2D eigenvalue weighted by molar-refractivity contribution is -0.137. The molecule has 1 rings (SSSR count). The highest BCUT2D eigenvalue weighted by atomic mass is 19.4. The molecule has 1 aromatic heterocycles. The van der Waals surface area contributed by atoms with Crippen LogP contribution in [0.2, 0.25) is 0 Å². The van der Waals surface area contributed by atoms with Gasteiger partial charge in [0.15, 0.2) is 0 Å². The Morgan fingerprint density at radius 3 is 2.31 bits per heavy atom. The molecule has 0 aliphatic carbocycles. The third-order valence-corrected chi connectivity index (χ3v) is 2.58. The van der Waals surface area contributed by atoms with Gasteiger partial charge in [0.05, 0.1) is 5.69 Å². The van der Waals surface area contributed by atoms with Gasteiger partial charge < -0.3 is 4.52 Å². The smallest absolute Gasteiger partial charge is 0.365 e. The van der Waals surface area contributed by atoms with Gasteiger partial charge in [0.1, 0.15) is 6.26 Å². The largest absolute Gasteiger partial charge is 0.389 e. The van der Waals surface area contributed by atoms with Crippen molar-refractivity contribution in [2.45, 2.75) is 45.7 Å². The van der Waals surface area contributed by atoms with Gasteiger partial charge in [-0.05, 0) is 11.8 Å². The van der Waals surface area contributed by atoms with Gasteiger partial charge in [-0.3, -0.25) is 0 Å². The minimum absolute atomic E-state index is 0.0412. The Labute approximate surface area is 92.8 Å². The molecule has 16 heavy (non-hydrogen) atoms. The van der Waals surface area contributed by atoms with E-state index in [0.717, 1.165) is 0 Å². The molecule has 0 saturated heterocycles. The third kappa shape index (κ3) is 3.87. The first-order valence-electron chi connectivity index (χ1n) is 5.17. The van der Waals surface area contributed by atoms with Crippen molar-refractivity contribution in [3.05, 3.63) is 18.0 Å². The lowest BCUT2D eigenvalue weighted by Crippen LogP contribution is -2.21. The van der Waals surface area contributed by atoms with E-state index in [1.54, 1.807) is 6.07 Å². The van der Waals surface area contributed by atoms with Crippen LogP contribution in [0.5, 0.6) is 0 Å². The van der Waals surface area contributed by atoms with Gasteiger partial charge in [0.2, 0.25) is 0 Å². The van der Waals surface area contributed by atoms with E-state index in [4.69, 9.17) is 4.52 Å². The summed E-state index contributed by atoms with van der Waals surface area (Å²) >= 11 is 0. The summed E-state index contributed by atoms with van der Waals surface area (Å²) in [5, 5.41) is 3.74. The minimum Gasteiger partial charge on any atom is -0.365 e. The molecule has 0 aromatic carbocycles. The molecular weight excluding hydrogens is 219 g/mol. The van der Waals surface area contributed by atoms with Gasteiger partial charge in [-0.2, -0.15) is 13.2 Å². The summed E-state index contributed by atoms with van der Waals surface area (Å²) in [6.07, 6.45) is -3.48. The van der Waals surface area contributed by atoms with E-state index in [1.165, 1.54) is 6.26 Å². The van der Waals surface area contributed by atoms with E-state index < -0.39 is 12.6 Å². The Morgan fingerprint density at radius 1 is 1.31 bits per heavy atom. The van der Waals surface area contributed by atoms with Crippen LogP contribution in [0, 0.1) is 5.41 Å². The van der Waals surface area contributed by atoms with Crippen LogP contribution in [0.25, 0.3) is 0 Å². The molecule has 0 radical (unpaired) electrons. The van der Waals surface area contributed by atoms with Crippen LogP contribution < -0.4 is 0 Å². The zero-order valence-corrected chi connectivity index (χ0v) is 9.64. The van der Waals surface area contributed by atoms with Crippen molar-refractivity contribution in [3.63, 3.8) is 0 Å². The summed E-state index contributed by atoms with van der Waals surface area (Å²) in [6, 6.07) is 1.63. The Kier molecular flexibility index (Phi) is 3.65. The van der Waals surface area contributed by atoms with E-state index >= 15 is 0 Å². The molecule has 0 N–H and O–H groups in total. The summed E-state index contributed by atoms with van der Waals surface area (Å²) in [6.45, 7) is 5.72. The molecule has 0 saturated carbocycles. The van der Waals surface area contributed by atoms with E-state index in [1.807, 2.05) is 20.8 Å². The molecule has 0 aliphatic heterocycles. The Balaban J connectivity index is 2.75. The van der Waals surface area contributed by atoms with Crippen molar-refractivity contribution in [2.24, 2.45) is 5.41 Å². The first-order valence-corrected chi connectivity index (χ1v) is 5.17. The lowest BCUT2D eigenvalue weighted by atomic mass is 9.76. The highest BCUT2D eigenvalue weighted by molar-refractivity contribution is 5.08. The predicted molar refractivity (Wildman–Crippen MR) is 54.0 cm³/mol. The van der Waals surface area contributed by atoms with Crippen molar-refractivity contribution < 1.29 is 17.7 Å². The predicted octanol–water partition coefficient (Wildman–Crippen LogP) is 4.15. The molecule has 5 heteroatoms. The van der Waals surface area contributed by atoms with E-state index in [2.05, 4.69) is 5.16 Å². The average Bonchev–Trinajstić information content (AvgIpc) is 2.52. The van der Waals surface area contributed by atoms with Gasteiger partial charge in [-0.25, -0.2) is 0 Å². The van der Waals surface area contributed by atoms with Gasteiger partial charge in [-0.15, -0.1) is 0 Å². The first-order chi connectivity index (χ1) is 7.20. The molecular formula is C11H16F3NO. The van der Waals surface area contributed by atoms with Crippen molar-refractivity contribution >= 4 is 0 Å². The summed E-state index contributed by atoms with van der Waals surface area (Å²) in [5.41, 5.74) is 0.332. The number of rotatable bonds is 3. The molecule has 0 aliphatic rings. The first kappa shape index (κ1) is 13.1. The second kappa shape index (κ2) is 4.47. The molecule has 92 valence electrons. The molecule has 1 atom stereocenters. The van der Waals surface area contributed by atoms with Crippen LogP contribution in [0.15, 0.2) is 16.9 Å². The molecule has 2 nitrogen and oxygen atoms in total. The maximum Gasteiger partial charge on any atom is 0.389 e. The standard InChI is InChI=1S/C11H16F3NO/c1-10(2,3)8(4-6-11(12,13)14)9-5-7-16-15-9/h5,7-8H,4,6H2,1-3H3. The van der Waals surface area contributed by atoms with E-state index in [0.29, 0.717) is 5.69 Å².